The van der Waals surface area contributed by atoms with Gasteiger partial charge in [-0.05, 0) is 12.1 Å². The SMILES string of the molecule is Nc1cc(-c2ccc(Cl)c(Cl)c2)nn1CCO. The second-order valence-electron chi connectivity index (χ2n) is 3.53. The van der Waals surface area contributed by atoms with Crippen LogP contribution in [0.3, 0.4) is 0 Å². The predicted octanol–water partition coefficient (Wildman–Crippen LogP) is 2.43. The summed E-state index contributed by atoms with van der Waals surface area (Å²) in [6, 6.07) is 6.99. The van der Waals surface area contributed by atoms with Crippen LogP contribution < -0.4 is 5.73 Å². The molecule has 4 nitrogen and oxygen atoms in total. The maximum Gasteiger partial charge on any atom is 0.122 e. The minimum absolute atomic E-state index is 0.00725. The van der Waals surface area contributed by atoms with Gasteiger partial charge >= 0.3 is 0 Å². The molecule has 0 unspecified atom stereocenters. The third-order valence-electron chi connectivity index (χ3n) is 2.34. The summed E-state index contributed by atoms with van der Waals surface area (Å²) in [5.74, 6) is 0.500. The van der Waals surface area contributed by atoms with E-state index in [1.165, 1.54) is 4.68 Å². The first-order valence-electron chi connectivity index (χ1n) is 5.01. The molecule has 0 amide bonds. The Kier molecular flexibility index (Phi) is 3.57. The Balaban J connectivity index is 2.39. The molecular formula is C11H11Cl2N3O. The Morgan fingerprint density at radius 3 is 2.65 bits per heavy atom. The van der Waals surface area contributed by atoms with Crippen LogP contribution in [0.4, 0.5) is 5.82 Å². The van der Waals surface area contributed by atoms with E-state index in [-0.39, 0.29) is 6.61 Å². The zero-order valence-corrected chi connectivity index (χ0v) is 10.4. The smallest absolute Gasteiger partial charge is 0.122 e. The van der Waals surface area contributed by atoms with Gasteiger partial charge in [0.15, 0.2) is 0 Å². The number of benzene rings is 1. The van der Waals surface area contributed by atoms with Crippen molar-refractivity contribution in [3.05, 3.63) is 34.3 Å². The molecule has 2 rings (SSSR count). The van der Waals surface area contributed by atoms with Crippen LogP contribution in [0.2, 0.25) is 10.0 Å². The van der Waals surface area contributed by atoms with E-state index in [1.54, 1.807) is 18.2 Å². The lowest BCUT2D eigenvalue weighted by molar-refractivity contribution is 0.270. The molecule has 3 N–H and O–H groups in total. The molecule has 0 atom stereocenters. The first-order valence-corrected chi connectivity index (χ1v) is 5.77. The van der Waals surface area contributed by atoms with Crippen LogP contribution in [-0.2, 0) is 6.54 Å². The average molecular weight is 272 g/mol. The van der Waals surface area contributed by atoms with E-state index in [0.717, 1.165) is 5.56 Å². The third kappa shape index (κ3) is 2.54. The van der Waals surface area contributed by atoms with Gasteiger partial charge in [0.05, 0.1) is 28.9 Å². The highest BCUT2D eigenvalue weighted by Crippen LogP contribution is 2.28. The summed E-state index contributed by atoms with van der Waals surface area (Å²) in [5.41, 5.74) is 7.30. The molecule has 1 aromatic carbocycles. The van der Waals surface area contributed by atoms with E-state index in [1.807, 2.05) is 6.07 Å². The number of nitrogens with zero attached hydrogens (tertiary/aromatic N) is 2. The van der Waals surface area contributed by atoms with Gasteiger partial charge in [-0.1, -0.05) is 29.3 Å². The molecule has 0 aliphatic carbocycles. The lowest BCUT2D eigenvalue weighted by Crippen LogP contribution is -2.07. The van der Waals surface area contributed by atoms with Gasteiger partial charge in [0, 0.05) is 11.6 Å². The molecule has 0 bridgehead atoms. The van der Waals surface area contributed by atoms with Crippen molar-refractivity contribution in [1.82, 2.24) is 9.78 Å². The second kappa shape index (κ2) is 4.96. The molecule has 0 aliphatic heterocycles. The molecule has 0 saturated carbocycles. The number of anilines is 1. The van der Waals surface area contributed by atoms with Crippen molar-refractivity contribution in [1.29, 1.82) is 0 Å². The molecule has 6 heteroatoms. The van der Waals surface area contributed by atoms with Gasteiger partial charge in [-0.3, -0.25) is 0 Å². The maximum absolute atomic E-state index is 8.85. The Morgan fingerprint density at radius 2 is 2.00 bits per heavy atom. The topological polar surface area (TPSA) is 64.1 Å². The molecule has 90 valence electrons. The zero-order chi connectivity index (χ0) is 12.4. The van der Waals surface area contributed by atoms with Gasteiger partial charge in [-0.25, -0.2) is 4.68 Å². The minimum atomic E-state index is -0.00725. The van der Waals surface area contributed by atoms with Crippen molar-refractivity contribution >= 4 is 29.0 Å². The van der Waals surface area contributed by atoms with Crippen LogP contribution in [0, 0.1) is 0 Å². The Labute approximate surface area is 109 Å². The van der Waals surface area contributed by atoms with E-state index in [4.69, 9.17) is 34.0 Å². The number of nitrogens with two attached hydrogens (primary N) is 1. The number of aliphatic hydroxyl groups excluding tert-OH is 1. The summed E-state index contributed by atoms with van der Waals surface area (Å²) in [5, 5.41) is 14.1. The second-order valence-corrected chi connectivity index (χ2v) is 4.34. The number of halogens is 2. The van der Waals surface area contributed by atoms with E-state index in [2.05, 4.69) is 5.10 Å². The quantitative estimate of drug-likeness (QED) is 0.901. The minimum Gasteiger partial charge on any atom is -0.394 e. The van der Waals surface area contributed by atoms with E-state index < -0.39 is 0 Å². The normalized spacial score (nSPS) is 10.8. The molecule has 0 saturated heterocycles. The summed E-state index contributed by atoms with van der Waals surface area (Å²) in [7, 11) is 0. The molecule has 0 aliphatic rings. The fourth-order valence-corrected chi connectivity index (χ4v) is 1.80. The van der Waals surface area contributed by atoms with Gasteiger partial charge in [-0.15, -0.1) is 0 Å². The Bertz CT molecular complexity index is 540. The Hall–Kier alpha value is -1.23. The average Bonchev–Trinajstić information content (AvgIpc) is 2.65. The van der Waals surface area contributed by atoms with Crippen molar-refractivity contribution < 1.29 is 5.11 Å². The van der Waals surface area contributed by atoms with Crippen LogP contribution >= 0.6 is 23.2 Å². The molecule has 1 heterocycles. The molecule has 17 heavy (non-hydrogen) atoms. The number of rotatable bonds is 3. The lowest BCUT2D eigenvalue weighted by atomic mass is 10.1. The molecule has 0 spiro atoms. The van der Waals surface area contributed by atoms with Crippen molar-refractivity contribution in [2.75, 3.05) is 12.3 Å². The van der Waals surface area contributed by atoms with Crippen LogP contribution in [0.15, 0.2) is 24.3 Å². The zero-order valence-electron chi connectivity index (χ0n) is 8.90. The molecule has 0 fully saturated rings. The number of aliphatic hydroxyl groups is 1. The van der Waals surface area contributed by atoms with E-state index >= 15 is 0 Å². The number of aromatic nitrogens is 2. The summed E-state index contributed by atoms with van der Waals surface area (Å²) in [4.78, 5) is 0. The predicted molar refractivity (Wildman–Crippen MR) is 69.2 cm³/mol. The molecule has 0 radical (unpaired) electrons. The van der Waals surface area contributed by atoms with Gasteiger partial charge in [0.2, 0.25) is 0 Å². The first-order chi connectivity index (χ1) is 8.11. The third-order valence-corrected chi connectivity index (χ3v) is 3.08. The van der Waals surface area contributed by atoms with Crippen LogP contribution in [0.5, 0.6) is 0 Å². The van der Waals surface area contributed by atoms with Gasteiger partial charge < -0.3 is 10.8 Å². The number of hydrogen-bond acceptors (Lipinski definition) is 3. The lowest BCUT2D eigenvalue weighted by Gasteiger charge is -2.00. The van der Waals surface area contributed by atoms with E-state index in [0.29, 0.717) is 28.1 Å². The Morgan fingerprint density at radius 1 is 1.24 bits per heavy atom. The van der Waals surface area contributed by atoms with Crippen molar-refractivity contribution in [2.24, 2.45) is 0 Å². The molecular weight excluding hydrogens is 261 g/mol. The fourth-order valence-electron chi connectivity index (χ4n) is 1.50. The van der Waals surface area contributed by atoms with Gasteiger partial charge in [0.25, 0.3) is 0 Å². The highest BCUT2D eigenvalue weighted by atomic mass is 35.5. The fraction of sp³-hybridized carbons (Fsp3) is 0.182. The largest absolute Gasteiger partial charge is 0.394 e. The summed E-state index contributed by atoms with van der Waals surface area (Å²) >= 11 is 11.8. The number of nitrogen functional groups attached to an aromatic ring is 1. The van der Waals surface area contributed by atoms with Crippen LogP contribution in [-0.4, -0.2) is 21.5 Å². The van der Waals surface area contributed by atoms with Crippen LogP contribution in [0.1, 0.15) is 0 Å². The highest BCUT2D eigenvalue weighted by Gasteiger charge is 2.08. The van der Waals surface area contributed by atoms with Gasteiger partial charge in [-0.2, -0.15) is 5.10 Å². The maximum atomic E-state index is 8.85. The molecule has 2 aromatic rings. The first kappa shape index (κ1) is 12.2. The van der Waals surface area contributed by atoms with Crippen molar-refractivity contribution in [3.8, 4) is 11.3 Å². The summed E-state index contributed by atoms with van der Waals surface area (Å²) < 4.78 is 1.54. The standard InChI is InChI=1S/C11H11Cl2N3O/c12-8-2-1-7(5-9(8)13)10-6-11(14)16(15-10)3-4-17/h1-2,5-6,17H,3-4,14H2. The van der Waals surface area contributed by atoms with Crippen molar-refractivity contribution in [3.63, 3.8) is 0 Å². The number of hydrogen-bond donors (Lipinski definition) is 2. The summed E-state index contributed by atoms with van der Waals surface area (Å²) in [6.45, 7) is 0.361. The molecule has 1 aromatic heterocycles. The monoisotopic (exact) mass is 271 g/mol. The highest BCUT2D eigenvalue weighted by molar-refractivity contribution is 6.42. The van der Waals surface area contributed by atoms with Gasteiger partial charge in [0.1, 0.15) is 5.82 Å². The van der Waals surface area contributed by atoms with E-state index in [9.17, 15) is 0 Å². The van der Waals surface area contributed by atoms with Crippen molar-refractivity contribution in [2.45, 2.75) is 6.54 Å². The summed E-state index contributed by atoms with van der Waals surface area (Å²) in [6.07, 6.45) is 0. The van der Waals surface area contributed by atoms with Crippen LogP contribution in [0.25, 0.3) is 11.3 Å².